The van der Waals surface area contributed by atoms with E-state index in [0.717, 1.165) is 0 Å². The standard InChI is InChI=1S/C16H14FNO2/c1-11(19)18-14-8-6-12(7-9-14)16(20)10-13-4-2-3-5-15(13)17/h2-9H,10H2,1H3,(H,18,19). The first kappa shape index (κ1) is 13.9. The van der Waals surface area contributed by atoms with Crippen LogP contribution in [0.4, 0.5) is 10.1 Å². The zero-order chi connectivity index (χ0) is 14.5. The van der Waals surface area contributed by atoms with Crippen molar-refractivity contribution < 1.29 is 14.0 Å². The number of benzene rings is 2. The van der Waals surface area contributed by atoms with Crippen molar-refractivity contribution in [3.63, 3.8) is 0 Å². The van der Waals surface area contributed by atoms with Crippen LogP contribution in [0.25, 0.3) is 0 Å². The van der Waals surface area contributed by atoms with E-state index >= 15 is 0 Å². The summed E-state index contributed by atoms with van der Waals surface area (Å²) < 4.78 is 13.5. The highest BCUT2D eigenvalue weighted by Crippen LogP contribution is 2.14. The molecule has 2 aromatic rings. The lowest BCUT2D eigenvalue weighted by atomic mass is 10.0. The molecule has 2 aromatic carbocycles. The Hall–Kier alpha value is -2.49. The van der Waals surface area contributed by atoms with Crippen LogP contribution >= 0.6 is 0 Å². The fourth-order valence-electron chi connectivity index (χ4n) is 1.86. The minimum Gasteiger partial charge on any atom is -0.326 e. The lowest BCUT2D eigenvalue weighted by molar-refractivity contribution is -0.114. The van der Waals surface area contributed by atoms with Gasteiger partial charge in [0.15, 0.2) is 5.78 Å². The Balaban J connectivity index is 2.10. The van der Waals surface area contributed by atoms with Gasteiger partial charge in [-0.2, -0.15) is 0 Å². The van der Waals surface area contributed by atoms with Crippen LogP contribution < -0.4 is 5.32 Å². The molecule has 0 saturated carbocycles. The molecule has 0 aromatic heterocycles. The number of anilines is 1. The summed E-state index contributed by atoms with van der Waals surface area (Å²) in [5.41, 5.74) is 1.49. The molecule has 20 heavy (non-hydrogen) atoms. The second-order valence-electron chi connectivity index (χ2n) is 4.45. The molecule has 0 aliphatic carbocycles. The third-order valence-corrected chi connectivity index (χ3v) is 2.84. The molecule has 1 amide bonds. The van der Waals surface area contributed by atoms with Gasteiger partial charge in [0.05, 0.1) is 0 Å². The van der Waals surface area contributed by atoms with E-state index in [4.69, 9.17) is 0 Å². The molecular formula is C16H14FNO2. The quantitative estimate of drug-likeness (QED) is 0.868. The minimum absolute atomic E-state index is 0.0200. The van der Waals surface area contributed by atoms with Gasteiger partial charge in [0.2, 0.25) is 5.91 Å². The maximum absolute atomic E-state index is 13.5. The molecular weight excluding hydrogens is 257 g/mol. The second-order valence-corrected chi connectivity index (χ2v) is 4.45. The van der Waals surface area contributed by atoms with Crippen LogP contribution in [-0.4, -0.2) is 11.7 Å². The summed E-state index contributed by atoms with van der Waals surface area (Å²) in [6.45, 7) is 1.41. The fraction of sp³-hybridized carbons (Fsp3) is 0.125. The molecule has 102 valence electrons. The molecule has 2 rings (SSSR count). The van der Waals surface area contributed by atoms with E-state index in [1.165, 1.54) is 13.0 Å². The number of halogens is 1. The maximum Gasteiger partial charge on any atom is 0.221 e. The molecule has 0 unspecified atom stereocenters. The zero-order valence-corrected chi connectivity index (χ0v) is 11.0. The SMILES string of the molecule is CC(=O)Nc1ccc(C(=O)Cc2ccccc2F)cc1. The Bertz CT molecular complexity index is 635. The number of ketones is 1. The van der Waals surface area contributed by atoms with E-state index in [1.807, 2.05) is 0 Å². The van der Waals surface area contributed by atoms with Crippen LogP contribution in [0.3, 0.4) is 0 Å². The Morgan fingerprint density at radius 2 is 1.70 bits per heavy atom. The van der Waals surface area contributed by atoms with Crippen molar-refractivity contribution in [1.29, 1.82) is 0 Å². The third-order valence-electron chi connectivity index (χ3n) is 2.84. The summed E-state index contributed by atoms with van der Waals surface area (Å²) in [6, 6.07) is 12.8. The average molecular weight is 271 g/mol. The fourth-order valence-corrected chi connectivity index (χ4v) is 1.86. The first-order chi connectivity index (χ1) is 9.56. The average Bonchev–Trinajstić information content (AvgIpc) is 2.41. The van der Waals surface area contributed by atoms with Gasteiger partial charge in [0.1, 0.15) is 5.82 Å². The van der Waals surface area contributed by atoms with Crippen molar-refractivity contribution in [1.82, 2.24) is 0 Å². The maximum atomic E-state index is 13.5. The van der Waals surface area contributed by atoms with Crippen molar-refractivity contribution in [2.24, 2.45) is 0 Å². The first-order valence-electron chi connectivity index (χ1n) is 6.20. The normalized spacial score (nSPS) is 10.1. The molecule has 0 radical (unpaired) electrons. The third kappa shape index (κ3) is 3.51. The van der Waals surface area contributed by atoms with Crippen LogP contribution in [-0.2, 0) is 11.2 Å². The van der Waals surface area contributed by atoms with Crippen molar-refractivity contribution in [3.8, 4) is 0 Å². The van der Waals surface area contributed by atoms with Gasteiger partial charge in [-0.3, -0.25) is 9.59 Å². The summed E-state index contributed by atoms with van der Waals surface area (Å²) >= 11 is 0. The molecule has 3 nitrogen and oxygen atoms in total. The van der Waals surface area contributed by atoms with E-state index in [2.05, 4.69) is 5.32 Å². The summed E-state index contributed by atoms with van der Waals surface area (Å²) in [5.74, 6) is -0.712. The monoisotopic (exact) mass is 271 g/mol. The number of Topliss-reactive ketones (excluding diaryl/α,β-unsaturated/α-hetero) is 1. The highest BCUT2D eigenvalue weighted by molar-refractivity contribution is 5.98. The largest absolute Gasteiger partial charge is 0.326 e. The lowest BCUT2D eigenvalue weighted by Gasteiger charge is -2.05. The number of hydrogen-bond acceptors (Lipinski definition) is 2. The van der Waals surface area contributed by atoms with Gasteiger partial charge in [-0.15, -0.1) is 0 Å². The number of carbonyl (C=O) groups is 2. The zero-order valence-electron chi connectivity index (χ0n) is 11.0. The van der Waals surface area contributed by atoms with Crippen LogP contribution in [0.15, 0.2) is 48.5 Å². The molecule has 0 aliphatic rings. The number of nitrogens with one attached hydrogen (secondary N) is 1. The van der Waals surface area contributed by atoms with Crippen LogP contribution in [0.1, 0.15) is 22.8 Å². The summed E-state index contributed by atoms with van der Waals surface area (Å²) in [6.07, 6.45) is 0.0200. The minimum atomic E-state index is -0.379. The van der Waals surface area contributed by atoms with Crippen LogP contribution in [0.2, 0.25) is 0 Å². The van der Waals surface area contributed by atoms with Crippen molar-refractivity contribution in [3.05, 3.63) is 65.5 Å². The Kier molecular flexibility index (Phi) is 4.25. The van der Waals surface area contributed by atoms with Crippen LogP contribution in [0, 0.1) is 5.82 Å². The predicted octanol–water partition coefficient (Wildman–Crippen LogP) is 3.21. The molecule has 1 N–H and O–H groups in total. The number of hydrogen-bond donors (Lipinski definition) is 1. The molecule has 0 bridgehead atoms. The van der Waals surface area contributed by atoms with Gasteiger partial charge < -0.3 is 5.32 Å². The lowest BCUT2D eigenvalue weighted by Crippen LogP contribution is -2.07. The van der Waals surface area contributed by atoms with Crippen LogP contribution in [0.5, 0.6) is 0 Å². The second kappa shape index (κ2) is 6.10. The van der Waals surface area contributed by atoms with E-state index in [9.17, 15) is 14.0 Å². The summed E-state index contributed by atoms with van der Waals surface area (Å²) in [7, 11) is 0. The molecule has 0 heterocycles. The van der Waals surface area contributed by atoms with E-state index < -0.39 is 0 Å². The Morgan fingerprint density at radius 3 is 2.30 bits per heavy atom. The highest BCUT2D eigenvalue weighted by Gasteiger charge is 2.10. The van der Waals surface area contributed by atoms with Crippen molar-refractivity contribution in [2.75, 3.05) is 5.32 Å². The number of carbonyl (C=O) groups excluding carboxylic acids is 2. The smallest absolute Gasteiger partial charge is 0.221 e. The van der Waals surface area contributed by atoms with E-state index in [-0.39, 0.29) is 23.9 Å². The highest BCUT2D eigenvalue weighted by atomic mass is 19.1. The summed E-state index contributed by atoms with van der Waals surface area (Å²) in [5, 5.41) is 2.62. The molecule has 0 fully saturated rings. The molecule has 0 spiro atoms. The molecule has 0 atom stereocenters. The van der Waals surface area contributed by atoms with Gasteiger partial charge in [-0.25, -0.2) is 4.39 Å². The van der Waals surface area contributed by atoms with Gasteiger partial charge in [0, 0.05) is 24.6 Å². The van der Waals surface area contributed by atoms with E-state index in [1.54, 1.807) is 42.5 Å². The van der Waals surface area contributed by atoms with Crippen molar-refractivity contribution >= 4 is 17.4 Å². The Morgan fingerprint density at radius 1 is 1.05 bits per heavy atom. The topological polar surface area (TPSA) is 46.2 Å². The molecule has 0 aliphatic heterocycles. The Labute approximate surface area is 116 Å². The van der Waals surface area contributed by atoms with Gasteiger partial charge in [-0.1, -0.05) is 18.2 Å². The predicted molar refractivity (Wildman–Crippen MR) is 75.2 cm³/mol. The molecule has 4 heteroatoms. The number of amides is 1. The molecule has 0 saturated heterocycles. The van der Waals surface area contributed by atoms with Gasteiger partial charge in [0.25, 0.3) is 0 Å². The van der Waals surface area contributed by atoms with Gasteiger partial charge in [-0.05, 0) is 35.9 Å². The number of rotatable bonds is 4. The van der Waals surface area contributed by atoms with Crippen molar-refractivity contribution in [2.45, 2.75) is 13.3 Å². The van der Waals surface area contributed by atoms with Gasteiger partial charge >= 0.3 is 0 Å². The first-order valence-corrected chi connectivity index (χ1v) is 6.20. The summed E-state index contributed by atoms with van der Waals surface area (Å²) in [4.78, 5) is 22.9. The van der Waals surface area contributed by atoms with E-state index in [0.29, 0.717) is 16.8 Å².